The van der Waals surface area contributed by atoms with Crippen LogP contribution in [0.1, 0.15) is 32.8 Å². The highest BCUT2D eigenvalue weighted by Gasteiger charge is 2.27. The van der Waals surface area contributed by atoms with Crippen LogP contribution in [0.5, 0.6) is 5.75 Å². The summed E-state index contributed by atoms with van der Waals surface area (Å²) in [7, 11) is 0. The summed E-state index contributed by atoms with van der Waals surface area (Å²) in [4.78, 5) is 27.5. The number of furan rings is 1. The number of fused-ring (bicyclic) bond motifs is 1. The quantitative estimate of drug-likeness (QED) is 0.642. The molecule has 0 radical (unpaired) electrons. The second kappa shape index (κ2) is 6.32. The molecule has 2 aromatic heterocycles. The van der Waals surface area contributed by atoms with Gasteiger partial charge in [-0.2, -0.15) is 0 Å². The Labute approximate surface area is 149 Å². The van der Waals surface area contributed by atoms with E-state index in [4.69, 9.17) is 9.15 Å². The number of rotatable bonds is 2. The van der Waals surface area contributed by atoms with Crippen LogP contribution in [0.15, 0.2) is 23.0 Å². The maximum Gasteiger partial charge on any atom is 0.410 e. The Bertz CT molecular complexity index is 909. The Morgan fingerprint density at radius 1 is 1.46 bits per heavy atom. The van der Waals surface area contributed by atoms with Gasteiger partial charge in [-0.25, -0.2) is 4.79 Å². The zero-order valence-electron chi connectivity index (χ0n) is 14.7. The first-order chi connectivity index (χ1) is 12.2. The van der Waals surface area contributed by atoms with Crippen LogP contribution in [0.25, 0.3) is 16.5 Å². The third-order valence-corrected chi connectivity index (χ3v) is 3.95. The van der Waals surface area contributed by atoms with E-state index in [1.165, 1.54) is 12.5 Å². The van der Waals surface area contributed by atoms with Gasteiger partial charge < -0.3 is 29.3 Å². The van der Waals surface area contributed by atoms with E-state index in [0.717, 1.165) is 5.57 Å². The van der Waals surface area contributed by atoms with E-state index in [1.54, 1.807) is 4.90 Å². The van der Waals surface area contributed by atoms with Gasteiger partial charge in [-0.3, -0.25) is 0 Å². The summed E-state index contributed by atoms with van der Waals surface area (Å²) >= 11 is 0. The molecule has 26 heavy (non-hydrogen) atoms. The monoisotopic (exact) mass is 361 g/mol. The van der Waals surface area contributed by atoms with Crippen molar-refractivity contribution < 1.29 is 24.0 Å². The van der Waals surface area contributed by atoms with E-state index >= 15 is 0 Å². The van der Waals surface area contributed by atoms with Gasteiger partial charge in [-0.15, -0.1) is 0 Å². The number of nitro groups is 1. The van der Waals surface area contributed by atoms with Gasteiger partial charge in [0.25, 0.3) is 5.75 Å². The van der Waals surface area contributed by atoms with Crippen molar-refractivity contribution in [3.05, 3.63) is 34.2 Å². The number of aromatic nitrogens is 1. The lowest BCUT2D eigenvalue weighted by atomic mass is 10.00. The van der Waals surface area contributed by atoms with Gasteiger partial charge >= 0.3 is 11.9 Å². The standard InChI is InChI=1S/C17H19N3O6/c1-17(2,3)26-16(22)19-6-4-10(5-7-19)12-9-25-14-11(12)8-18-15(13(14)21)20(23)24/h4,8-9,21H,5-7H2,1-3H3. The number of amides is 1. The Morgan fingerprint density at radius 3 is 2.77 bits per heavy atom. The third kappa shape index (κ3) is 3.32. The molecule has 1 N–H and O–H groups in total. The van der Waals surface area contributed by atoms with E-state index < -0.39 is 22.1 Å². The molecule has 0 spiro atoms. The topological polar surface area (TPSA) is 119 Å². The molecular formula is C17H19N3O6. The summed E-state index contributed by atoms with van der Waals surface area (Å²) in [6.07, 6.45) is 4.81. The summed E-state index contributed by atoms with van der Waals surface area (Å²) < 4.78 is 10.7. The van der Waals surface area contributed by atoms with Crippen molar-refractivity contribution in [2.45, 2.75) is 32.8 Å². The molecular weight excluding hydrogens is 342 g/mol. The number of carbonyl (C=O) groups is 1. The summed E-state index contributed by atoms with van der Waals surface area (Å²) in [6.45, 7) is 6.29. The zero-order chi connectivity index (χ0) is 19.1. The molecule has 0 bridgehead atoms. The lowest BCUT2D eigenvalue weighted by Gasteiger charge is -2.29. The van der Waals surface area contributed by atoms with E-state index in [0.29, 0.717) is 30.5 Å². The second-order valence-corrected chi connectivity index (χ2v) is 6.99. The first-order valence-corrected chi connectivity index (χ1v) is 8.08. The highest BCUT2D eigenvalue weighted by atomic mass is 16.6. The SMILES string of the molecule is CC(C)(C)OC(=O)N1CC=C(c2coc3c(O)c([N+](=O)[O-])ncc23)CC1. The molecule has 1 amide bonds. The largest absolute Gasteiger partial charge is 0.498 e. The van der Waals surface area contributed by atoms with Crippen LogP contribution in [0.2, 0.25) is 0 Å². The minimum Gasteiger partial charge on any atom is -0.498 e. The molecule has 0 unspecified atom stereocenters. The van der Waals surface area contributed by atoms with Crippen molar-refractivity contribution >= 4 is 28.5 Å². The van der Waals surface area contributed by atoms with Crippen molar-refractivity contribution in [1.29, 1.82) is 0 Å². The van der Waals surface area contributed by atoms with Crippen LogP contribution in [0.3, 0.4) is 0 Å². The molecule has 3 heterocycles. The van der Waals surface area contributed by atoms with E-state index in [9.17, 15) is 20.0 Å². The normalized spacial score (nSPS) is 15.0. The molecule has 0 saturated heterocycles. The fraction of sp³-hybridized carbons (Fsp3) is 0.412. The Kier molecular flexibility index (Phi) is 4.31. The summed E-state index contributed by atoms with van der Waals surface area (Å²) in [5.41, 5.74) is 1.08. The highest BCUT2D eigenvalue weighted by molar-refractivity contribution is 5.95. The number of carbonyl (C=O) groups excluding carboxylic acids is 1. The predicted molar refractivity (Wildman–Crippen MR) is 92.7 cm³/mol. The minimum atomic E-state index is -0.768. The number of aromatic hydroxyl groups is 1. The lowest BCUT2D eigenvalue weighted by molar-refractivity contribution is -0.390. The van der Waals surface area contributed by atoms with Crippen molar-refractivity contribution in [2.24, 2.45) is 0 Å². The van der Waals surface area contributed by atoms with E-state index in [2.05, 4.69) is 4.98 Å². The molecule has 0 saturated carbocycles. The van der Waals surface area contributed by atoms with Gasteiger partial charge in [0.05, 0.1) is 11.6 Å². The average molecular weight is 361 g/mol. The van der Waals surface area contributed by atoms with Gasteiger partial charge in [-0.1, -0.05) is 6.08 Å². The number of pyridine rings is 1. The average Bonchev–Trinajstić information content (AvgIpc) is 2.98. The molecule has 0 aromatic carbocycles. The zero-order valence-corrected chi connectivity index (χ0v) is 14.7. The maximum atomic E-state index is 12.1. The summed E-state index contributed by atoms with van der Waals surface area (Å²) in [5, 5.41) is 21.3. The minimum absolute atomic E-state index is 0.0252. The fourth-order valence-electron chi connectivity index (χ4n) is 2.76. The lowest BCUT2D eigenvalue weighted by Crippen LogP contribution is -2.39. The third-order valence-electron chi connectivity index (χ3n) is 3.95. The number of ether oxygens (including phenoxy) is 1. The van der Waals surface area contributed by atoms with Crippen molar-refractivity contribution in [1.82, 2.24) is 9.88 Å². The predicted octanol–water partition coefficient (Wildman–Crippen LogP) is 3.47. The highest BCUT2D eigenvalue weighted by Crippen LogP contribution is 2.38. The van der Waals surface area contributed by atoms with E-state index in [1.807, 2.05) is 26.8 Å². The Hall–Kier alpha value is -3.10. The molecule has 9 nitrogen and oxygen atoms in total. The van der Waals surface area contributed by atoms with Gasteiger partial charge in [0.15, 0.2) is 11.8 Å². The molecule has 0 atom stereocenters. The number of hydrogen-bond donors (Lipinski definition) is 1. The molecule has 0 aliphatic carbocycles. The molecule has 2 aromatic rings. The van der Waals surface area contributed by atoms with E-state index in [-0.39, 0.29) is 11.7 Å². The van der Waals surface area contributed by atoms with Crippen LogP contribution in [0.4, 0.5) is 10.6 Å². The molecule has 3 rings (SSSR count). The van der Waals surface area contributed by atoms with Gasteiger partial charge in [0, 0.05) is 18.7 Å². The maximum absolute atomic E-state index is 12.1. The van der Waals surface area contributed by atoms with Crippen molar-refractivity contribution in [2.75, 3.05) is 13.1 Å². The Balaban J connectivity index is 1.84. The number of hydrogen-bond acceptors (Lipinski definition) is 7. The van der Waals surface area contributed by atoms with Crippen LogP contribution >= 0.6 is 0 Å². The van der Waals surface area contributed by atoms with Gasteiger partial charge in [0.2, 0.25) is 0 Å². The summed E-state index contributed by atoms with van der Waals surface area (Å²) in [5.74, 6) is -1.24. The van der Waals surface area contributed by atoms with Crippen molar-refractivity contribution in [3.8, 4) is 5.75 Å². The number of nitrogens with zero attached hydrogens (tertiary/aromatic N) is 3. The molecule has 9 heteroatoms. The van der Waals surface area contributed by atoms with Crippen molar-refractivity contribution in [3.63, 3.8) is 0 Å². The Morgan fingerprint density at radius 2 is 2.19 bits per heavy atom. The molecule has 1 aliphatic heterocycles. The fourth-order valence-corrected chi connectivity index (χ4v) is 2.76. The first kappa shape index (κ1) is 17.7. The van der Waals surface area contributed by atoms with Crippen LogP contribution in [0, 0.1) is 10.1 Å². The molecule has 138 valence electrons. The summed E-state index contributed by atoms with van der Waals surface area (Å²) in [6, 6.07) is 0. The molecule has 1 aliphatic rings. The van der Waals surface area contributed by atoms with Crippen LogP contribution in [-0.4, -0.2) is 44.7 Å². The second-order valence-electron chi connectivity index (χ2n) is 6.99. The van der Waals surface area contributed by atoms with Crippen LogP contribution in [-0.2, 0) is 4.74 Å². The molecule has 0 fully saturated rings. The van der Waals surface area contributed by atoms with Gasteiger partial charge in [-0.05, 0) is 42.7 Å². The van der Waals surface area contributed by atoms with Crippen LogP contribution < -0.4 is 0 Å². The van der Waals surface area contributed by atoms with Gasteiger partial charge in [0.1, 0.15) is 5.60 Å². The smallest absolute Gasteiger partial charge is 0.410 e. The first-order valence-electron chi connectivity index (χ1n) is 8.08.